The smallest absolute Gasteiger partial charge is 0.374 e. The normalized spacial score (nSPS) is 11.4. The average Bonchev–Trinajstić information content (AvgIpc) is 3.54. The van der Waals surface area contributed by atoms with Crippen molar-refractivity contribution in [1.82, 2.24) is 10.6 Å². The fraction of sp³-hybridized carbons (Fsp3) is 0.633. The van der Waals surface area contributed by atoms with Gasteiger partial charge in [0, 0.05) is 65.0 Å². The molecule has 0 bridgehead atoms. The van der Waals surface area contributed by atoms with Gasteiger partial charge in [-0.3, -0.25) is 81.5 Å². The second-order valence-corrected chi connectivity index (χ2v) is 20.6. The number of nitrogens with two attached hydrogens (primary N) is 6. The average molecular weight is 1370 g/mol. The number of nitrogens with one attached hydrogen (secondary N) is 2. The monoisotopic (exact) mass is 1370 g/mol. The van der Waals surface area contributed by atoms with Gasteiger partial charge in [-0.25, -0.2) is 4.79 Å². The molecule has 0 rings (SSSR count). The molecule has 34 heteroatoms. The molecule has 33 nitrogen and oxygen atoms in total. The summed E-state index contributed by atoms with van der Waals surface area (Å²) in [6, 6.07) is -5.34. The van der Waals surface area contributed by atoms with E-state index in [-0.39, 0.29) is 73.5 Å². The molecular weight excluding hydrogens is 1260 g/mol. The lowest BCUT2D eigenvalue weighted by Crippen LogP contribution is -2.32. The molecule has 0 spiro atoms. The van der Waals surface area contributed by atoms with Crippen LogP contribution in [-0.4, -0.2) is 197 Å². The zero-order chi connectivity index (χ0) is 71.4. The molecule has 0 aromatic rings. The van der Waals surface area contributed by atoms with Crippen LogP contribution in [0.15, 0.2) is 24.3 Å². The summed E-state index contributed by atoms with van der Waals surface area (Å²) < 4.78 is 4.57. The number of Topliss-reactive ketones (excluding diaryl/α,β-unsaturated/α-hetero) is 8. The highest BCUT2D eigenvalue weighted by atomic mass is 32.2. The van der Waals surface area contributed by atoms with E-state index in [1.54, 1.807) is 6.92 Å². The Morgan fingerprint density at radius 1 is 0.372 bits per heavy atom. The Hall–Kier alpha value is -8.15. The molecule has 0 heterocycles. The van der Waals surface area contributed by atoms with Gasteiger partial charge in [-0.1, -0.05) is 67.5 Å². The van der Waals surface area contributed by atoms with Gasteiger partial charge < -0.3 is 80.4 Å². The van der Waals surface area contributed by atoms with Crippen molar-refractivity contribution in [3.05, 3.63) is 24.3 Å². The molecule has 0 aliphatic heterocycles. The van der Waals surface area contributed by atoms with E-state index in [0.717, 1.165) is 25.6 Å². The second kappa shape index (κ2) is 64.9. The van der Waals surface area contributed by atoms with E-state index in [1.807, 2.05) is 0 Å². The molecule has 0 saturated heterocycles. The lowest BCUT2D eigenvalue weighted by Gasteiger charge is -2.07. The Labute approximate surface area is 554 Å². The lowest BCUT2D eigenvalue weighted by atomic mass is 10.0. The number of esters is 1. The van der Waals surface area contributed by atoms with Crippen LogP contribution in [0.4, 0.5) is 0 Å². The summed E-state index contributed by atoms with van der Waals surface area (Å²) in [5.41, 5.74) is 32.1. The number of carboxylic acids is 6. The van der Waals surface area contributed by atoms with E-state index in [0.29, 0.717) is 114 Å². The minimum atomic E-state index is -1.10. The third-order valence-corrected chi connectivity index (χ3v) is 12.0. The van der Waals surface area contributed by atoms with Crippen molar-refractivity contribution >= 4 is 117 Å². The van der Waals surface area contributed by atoms with E-state index in [9.17, 15) is 86.3 Å². The number of hydrogen-bond donors (Lipinski definition) is 14. The van der Waals surface area contributed by atoms with Crippen molar-refractivity contribution in [1.29, 1.82) is 0 Å². The van der Waals surface area contributed by atoms with Crippen molar-refractivity contribution in [3.8, 4) is 0 Å². The van der Waals surface area contributed by atoms with Gasteiger partial charge in [0.2, 0.25) is 46.4 Å². The number of rotatable bonds is 42. The van der Waals surface area contributed by atoms with Crippen LogP contribution in [0.3, 0.4) is 0 Å². The number of allylic oxidation sites excluding steroid dienone is 1. The van der Waals surface area contributed by atoms with E-state index < -0.39 is 135 Å². The number of carboxylic acid groups (broad SMARTS) is 6. The van der Waals surface area contributed by atoms with Gasteiger partial charge in [-0.05, 0) is 109 Å². The Morgan fingerprint density at radius 3 is 1.03 bits per heavy atom. The molecule has 544 valence electrons. The molecule has 0 aliphatic carbocycles. The predicted octanol–water partition coefficient (Wildman–Crippen LogP) is 1.78. The van der Waals surface area contributed by atoms with Crippen LogP contribution in [0, 0.1) is 0 Å². The summed E-state index contributed by atoms with van der Waals surface area (Å²) in [5, 5.41) is 55.3. The van der Waals surface area contributed by atoms with Crippen molar-refractivity contribution in [2.24, 2.45) is 34.4 Å². The summed E-state index contributed by atoms with van der Waals surface area (Å²) in [4.78, 5) is 191. The number of carbonyl (C=O) groups excluding carboxylic acids is 12. The molecule has 0 aromatic heterocycles. The zero-order valence-corrected chi connectivity index (χ0v) is 52.6. The van der Waals surface area contributed by atoms with Crippen LogP contribution in [0.2, 0.25) is 0 Å². The van der Waals surface area contributed by atoms with Crippen LogP contribution in [0.5, 0.6) is 0 Å². The van der Waals surface area contributed by atoms with Crippen LogP contribution >= 0.6 is 11.8 Å². The highest BCUT2D eigenvalue weighted by Gasteiger charge is 2.20. The molecule has 0 fully saturated rings. The van der Waals surface area contributed by atoms with Gasteiger partial charge in [0.15, 0.2) is 0 Å². The van der Waals surface area contributed by atoms with Gasteiger partial charge in [0.25, 0.3) is 16.8 Å². The van der Waals surface area contributed by atoms with E-state index >= 15 is 0 Å². The summed E-state index contributed by atoms with van der Waals surface area (Å²) >= 11 is 0.968. The molecule has 6 unspecified atom stereocenters. The van der Waals surface area contributed by atoms with Crippen molar-refractivity contribution in [2.75, 3.05) is 25.4 Å². The molecular formula is C60H108N8O25S. The van der Waals surface area contributed by atoms with E-state index in [2.05, 4.69) is 28.5 Å². The molecule has 6 atom stereocenters. The van der Waals surface area contributed by atoms with Crippen LogP contribution in [0.1, 0.15) is 187 Å². The number of amides is 2. The summed E-state index contributed by atoms with van der Waals surface area (Å²) in [5.74, 6) is -12.7. The maximum absolute atomic E-state index is 11.1. The number of aliphatic carboxylic acids is 6. The first-order valence-corrected chi connectivity index (χ1v) is 28.8. The topological polar surface area (TPSA) is 618 Å². The Bertz CT molecular complexity index is 2330. The van der Waals surface area contributed by atoms with Gasteiger partial charge in [0.05, 0.1) is 6.61 Å². The number of hydrogen-bond acceptors (Lipinski definition) is 26. The van der Waals surface area contributed by atoms with Crippen LogP contribution in [-0.2, 0) is 91.0 Å². The number of ether oxygens (including phenoxy) is 1. The number of carbonyl (C=O) groups is 18. The van der Waals surface area contributed by atoms with Gasteiger partial charge >= 0.3 is 41.8 Å². The fourth-order valence-electron chi connectivity index (χ4n) is 5.49. The fourth-order valence-corrected chi connectivity index (χ4v) is 6.23. The van der Waals surface area contributed by atoms with E-state index in [1.165, 1.54) is 20.8 Å². The first-order valence-electron chi connectivity index (χ1n) is 27.8. The molecule has 94 heavy (non-hydrogen) atoms. The maximum Gasteiger partial charge on any atom is 0.374 e. The third-order valence-electron chi connectivity index (χ3n) is 11.0. The number of unbranched alkanes of at least 4 members (excludes halogenated alkanes) is 4. The zero-order valence-electron chi connectivity index (χ0n) is 51.7. The van der Waals surface area contributed by atoms with Crippen molar-refractivity contribution in [3.63, 3.8) is 0 Å². The number of ketones is 8. The van der Waals surface area contributed by atoms with Crippen LogP contribution in [0.25, 0.3) is 0 Å². The summed E-state index contributed by atoms with van der Waals surface area (Å²) in [7, 11) is 0. The molecule has 20 N–H and O–H groups in total. The van der Waals surface area contributed by atoms with Gasteiger partial charge in [-0.15, -0.1) is 0 Å². The van der Waals surface area contributed by atoms with Crippen molar-refractivity contribution < 1.29 is 122 Å². The third kappa shape index (κ3) is 68.2. The first kappa shape index (κ1) is 107. The first-order chi connectivity index (χ1) is 41.5. The highest BCUT2D eigenvalue weighted by Crippen LogP contribution is 2.10. The molecule has 0 aromatic carbocycles. The van der Waals surface area contributed by atoms with Gasteiger partial charge in [-0.2, -0.15) is 0 Å². The molecule has 0 saturated carbocycles. The Kier molecular flexibility index (Phi) is 74.2. The largest absolute Gasteiger partial charge is 0.480 e. The summed E-state index contributed by atoms with van der Waals surface area (Å²) in [6.07, 6.45) is 7.08. The lowest BCUT2D eigenvalue weighted by molar-refractivity contribution is -0.153. The SMILES string of the molecule is C.C.C.C.C=C(C)C(=O)C(=O)CCCC(N)C(=O)O.C=C(C)C(=O)NCCCC(N)C(=O)O.CC(=O)C(=O)C(=O)CCCCC(N)C(=O)O.CC(=O)C(=O)NCCCCC(N)C(=O)O.CC(=O)C(=O)OCCCCC(N)C(=O)O.CC(=O)C(=O)SCCCCC(N)C(=O)O. The Balaban J connectivity index is -0.000000112. The standard InChI is InChI=1S/C10H15NO5.C10H15NO4.C9H16N2O4.C9H16N2O3.C9H15NO5.C9H15NO4S.4CH4/c1-6(12)9(14)8(13)5-3-2-4-7(11)10(15)16;1-6(2)9(13)8(12)5-3-4-7(11)10(14)15;1-6(12)8(13)11-5-3-2-4-7(10)9(14)15;1-6(2)8(12)11-5-3-4-7(10)9(13)14;2*1-6(11)9(14)15-5-3-2-4-7(10)8(12)13;;;;/h7H,2-5,11H2,1H3,(H,15,16);7H,1,3-5,11H2,2H3,(H,14,15);7H,2-5,10H2,1H3,(H,11,13)(H,14,15);7H,1,3-5,10H2,2H3,(H,11,12)(H,13,14);2*7H,2-5,10H2,1H3,(H,12,13);4*1H4. The number of thioether (sulfide) groups is 1. The van der Waals surface area contributed by atoms with Gasteiger partial charge in [0.1, 0.15) is 36.3 Å². The maximum atomic E-state index is 11.1. The molecule has 2 amide bonds. The van der Waals surface area contributed by atoms with E-state index in [4.69, 9.17) is 65.0 Å². The molecule has 0 aliphatic rings. The quantitative estimate of drug-likeness (QED) is 0.0136. The Morgan fingerprint density at radius 2 is 0.691 bits per heavy atom. The second-order valence-electron chi connectivity index (χ2n) is 19.5. The molecule has 0 radical (unpaired) electrons. The van der Waals surface area contributed by atoms with Crippen LogP contribution < -0.4 is 45.0 Å². The minimum Gasteiger partial charge on any atom is -0.480 e. The highest BCUT2D eigenvalue weighted by molar-refractivity contribution is 8.15. The van der Waals surface area contributed by atoms with Crippen molar-refractivity contribution in [2.45, 2.75) is 223 Å². The predicted molar refractivity (Wildman–Crippen MR) is 351 cm³/mol. The summed E-state index contributed by atoms with van der Waals surface area (Å²) in [6.45, 7) is 15.4. The minimum absolute atomic E-state index is 0.